The monoisotopic (exact) mass is 214 g/mol. The van der Waals surface area contributed by atoms with Crippen LogP contribution in [0.5, 0.6) is 0 Å². The molecular weight excluding hydrogens is 192 g/mol. The summed E-state index contributed by atoms with van der Waals surface area (Å²) < 4.78 is 4.70. The molecule has 2 unspecified atom stereocenters. The van der Waals surface area contributed by atoms with E-state index in [9.17, 15) is 4.79 Å². The zero-order valence-corrected chi connectivity index (χ0v) is 9.74. The maximum Gasteiger partial charge on any atom is 0.319 e. The van der Waals surface area contributed by atoms with Crippen LogP contribution in [0.1, 0.15) is 26.2 Å². The largest absolute Gasteiger partial charge is 0.468 e. The third-order valence-corrected chi connectivity index (χ3v) is 3.36. The molecule has 1 aliphatic carbocycles. The molecule has 4 nitrogen and oxygen atoms in total. The van der Waals surface area contributed by atoms with Crippen LogP contribution in [-0.2, 0) is 9.53 Å². The summed E-state index contributed by atoms with van der Waals surface area (Å²) in [4.78, 5) is 13.4. The minimum absolute atomic E-state index is 0.153. The van der Waals surface area contributed by atoms with Gasteiger partial charge in [-0.3, -0.25) is 9.69 Å². The Kier molecular flexibility index (Phi) is 5.05. The quantitative estimate of drug-likeness (QED) is 0.681. The van der Waals surface area contributed by atoms with Gasteiger partial charge in [0.25, 0.3) is 0 Å². The van der Waals surface area contributed by atoms with Crippen molar-refractivity contribution in [2.45, 2.75) is 32.2 Å². The van der Waals surface area contributed by atoms with Crippen molar-refractivity contribution in [1.29, 1.82) is 0 Å². The number of hydrogen-bond acceptors (Lipinski definition) is 4. The Morgan fingerprint density at radius 1 is 1.53 bits per heavy atom. The molecule has 0 aliphatic heterocycles. The number of rotatable bonds is 5. The molecule has 0 saturated heterocycles. The summed E-state index contributed by atoms with van der Waals surface area (Å²) in [5.41, 5.74) is 5.74. The molecule has 0 radical (unpaired) electrons. The van der Waals surface area contributed by atoms with Gasteiger partial charge in [-0.2, -0.15) is 0 Å². The first-order valence-electron chi connectivity index (χ1n) is 5.73. The third kappa shape index (κ3) is 3.18. The van der Waals surface area contributed by atoms with Crippen molar-refractivity contribution in [3.63, 3.8) is 0 Å². The molecule has 2 N–H and O–H groups in total. The molecule has 0 amide bonds. The predicted octanol–water partition coefficient (Wildman–Crippen LogP) is 0.609. The molecule has 0 bridgehead atoms. The Morgan fingerprint density at radius 2 is 2.27 bits per heavy atom. The van der Waals surface area contributed by atoms with Gasteiger partial charge in [-0.05, 0) is 31.8 Å². The summed E-state index contributed by atoms with van der Waals surface area (Å²) in [6.07, 6.45) is 3.58. The van der Waals surface area contributed by atoms with Crippen molar-refractivity contribution in [3.05, 3.63) is 0 Å². The van der Waals surface area contributed by atoms with Crippen molar-refractivity contribution in [1.82, 2.24) is 4.90 Å². The van der Waals surface area contributed by atoms with E-state index in [4.69, 9.17) is 10.5 Å². The highest BCUT2D eigenvalue weighted by Gasteiger charge is 2.31. The second-order valence-electron chi connectivity index (χ2n) is 4.13. The van der Waals surface area contributed by atoms with Crippen LogP contribution in [0.15, 0.2) is 0 Å². The fourth-order valence-electron chi connectivity index (χ4n) is 2.47. The molecule has 1 saturated carbocycles. The van der Waals surface area contributed by atoms with E-state index in [-0.39, 0.29) is 5.97 Å². The average molecular weight is 214 g/mol. The number of hydrogen-bond donors (Lipinski definition) is 1. The molecule has 15 heavy (non-hydrogen) atoms. The fourth-order valence-corrected chi connectivity index (χ4v) is 2.47. The summed E-state index contributed by atoms with van der Waals surface area (Å²) in [7, 11) is 1.44. The van der Waals surface area contributed by atoms with Crippen LogP contribution < -0.4 is 5.73 Å². The summed E-state index contributed by atoms with van der Waals surface area (Å²) >= 11 is 0. The van der Waals surface area contributed by atoms with Gasteiger partial charge >= 0.3 is 5.97 Å². The van der Waals surface area contributed by atoms with Gasteiger partial charge in [-0.25, -0.2) is 0 Å². The number of nitrogens with two attached hydrogens (primary N) is 1. The number of esters is 1. The molecule has 0 spiro atoms. The molecule has 1 fully saturated rings. The predicted molar refractivity (Wildman–Crippen MR) is 59.4 cm³/mol. The lowest BCUT2D eigenvalue weighted by molar-refractivity contribution is -0.142. The van der Waals surface area contributed by atoms with E-state index in [0.717, 1.165) is 19.5 Å². The number of likely N-dealkylation sites (N-methyl/N-ethyl adjacent to an activating group) is 1. The zero-order valence-electron chi connectivity index (χ0n) is 9.74. The van der Waals surface area contributed by atoms with Crippen LogP contribution in [-0.4, -0.2) is 43.7 Å². The van der Waals surface area contributed by atoms with Crippen molar-refractivity contribution < 1.29 is 9.53 Å². The minimum Gasteiger partial charge on any atom is -0.468 e. The SMILES string of the molecule is CCN(CC(=O)OC)C1CCCC1CN. The first-order valence-corrected chi connectivity index (χ1v) is 5.73. The molecule has 88 valence electrons. The Hall–Kier alpha value is -0.610. The van der Waals surface area contributed by atoms with E-state index in [0.29, 0.717) is 18.5 Å². The van der Waals surface area contributed by atoms with E-state index >= 15 is 0 Å². The highest BCUT2D eigenvalue weighted by atomic mass is 16.5. The van der Waals surface area contributed by atoms with Crippen molar-refractivity contribution in [3.8, 4) is 0 Å². The molecule has 1 rings (SSSR count). The van der Waals surface area contributed by atoms with Crippen LogP contribution in [0, 0.1) is 5.92 Å². The van der Waals surface area contributed by atoms with Gasteiger partial charge in [-0.15, -0.1) is 0 Å². The van der Waals surface area contributed by atoms with Crippen molar-refractivity contribution >= 4 is 5.97 Å². The molecular formula is C11H22N2O2. The van der Waals surface area contributed by atoms with Gasteiger partial charge in [0.2, 0.25) is 0 Å². The van der Waals surface area contributed by atoms with Crippen LogP contribution in [0.3, 0.4) is 0 Å². The van der Waals surface area contributed by atoms with E-state index in [1.165, 1.54) is 20.0 Å². The number of nitrogens with zero attached hydrogens (tertiary/aromatic N) is 1. The van der Waals surface area contributed by atoms with E-state index in [2.05, 4.69) is 11.8 Å². The summed E-state index contributed by atoms with van der Waals surface area (Å²) in [5, 5.41) is 0. The van der Waals surface area contributed by atoms with Gasteiger partial charge in [-0.1, -0.05) is 13.3 Å². The Balaban J connectivity index is 2.53. The number of ether oxygens (including phenoxy) is 1. The number of methoxy groups -OCH3 is 1. The summed E-state index contributed by atoms with van der Waals surface area (Å²) in [6, 6.07) is 0.471. The first kappa shape index (κ1) is 12.5. The van der Waals surface area contributed by atoms with E-state index in [1.807, 2.05) is 0 Å². The number of carbonyl (C=O) groups excluding carboxylic acids is 1. The second-order valence-corrected chi connectivity index (χ2v) is 4.13. The van der Waals surface area contributed by atoms with Gasteiger partial charge < -0.3 is 10.5 Å². The van der Waals surface area contributed by atoms with Crippen molar-refractivity contribution in [2.75, 3.05) is 26.7 Å². The molecule has 0 heterocycles. The molecule has 1 aliphatic rings. The van der Waals surface area contributed by atoms with Crippen LogP contribution in [0.25, 0.3) is 0 Å². The summed E-state index contributed by atoms with van der Waals surface area (Å²) in [6.45, 7) is 4.08. The fraction of sp³-hybridized carbons (Fsp3) is 0.909. The molecule has 0 aromatic rings. The Bertz CT molecular complexity index is 209. The standard InChI is InChI=1S/C11H22N2O2/c1-3-13(8-11(14)15-2)10-6-4-5-9(10)7-12/h9-10H,3-8,12H2,1-2H3. The lowest BCUT2D eigenvalue weighted by atomic mass is 10.0. The van der Waals surface area contributed by atoms with Gasteiger partial charge in [0.1, 0.15) is 0 Å². The lowest BCUT2D eigenvalue weighted by Gasteiger charge is -2.30. The highest BCUT2D eigenvalue weighted by Crippen LogP contribution is 2.28. The molecule has 4 heteroatoms. The van der Waals surface area contributed by atoms with E-state index < -0.39 is 0 Å². The number of carbonyl (C=O) groups is 1. The summed E-state index contributed by atoms with van der Waals surface area (Å²) in [5.74, 6) is 0.397. The van der Waals surface area contributed by atoms with Gasteiger partial charge in [0, 0.05) is 6.04 Å². The minimum atomic E-state index is -0.153. The van der Waals surface area contributed by atoms with Crippen molar-refractivity contribution in [2.24, 2.45) is 11.7 Å². The van der Waals surface area contributed by atoms with E-state index in [1.54, 1.807) is 0 Å². The zero-order chi connectivity index (χ0) is 11.3. The normalized spacial score (nSPS) is 25.9. The van der Waals surface area contributed by atoms with Crippen LogP contribution >= 0.6 is 0 Å². The first-order chi connectivity index (χ1) is 7.22. The van der Waals surface area contributed by atoms with Crippen LogP contribution in [0.4, 0.5) is 0 Å². The lowest BCUT2D eigenvalue weighted by Crippen LogP contribution is -2.43. The molecule has 2 atom stereocenters. The molecule has 0 aromatic heterocycles. The Labute approximate surface area is 91.8 Å². The smallest absolute Gasteiger partial charge is 0.319 e. The van der Waals surface area contributed by atoms with Gasteiger partial charge in [0.15, 0.2) is 0 Å². The van der Waals surface area contributed by atoms with Gasteiger partial charge in [0.05, 0.1) is 13.7 Å². The van der Waals surface area contributed by atoms with Crippen LogP contribution in [0.2, 0.25) is 0 Å². The highest BCUT2D eigenvalue weighted by molar-refractivity contribution is 5.71. The topological polar surface area (TPSA) is 55.6 Å². The Morgan fingerprint density at radius 3 is 2.80 bits per heavy atom. The maximum absolute atomic E-state index is 11.2. The third-order valence-electron chi connectivity index (χ3n) is 3.36. The maximum atomic E-state index is 11.2. The molecule has 0 aromatic carbocycles. The second kappa shape index (κ2) is 6.08. The average Bonchev–Trinajstić information content (AvgIpc) is 2.73.